The van der Waals surface area contributed by atoms with E-state index >= 15 is 0 Å². The monoisotopic (exact) mass is 434 g/mol. The Bertz CT molecular complexity index is 851. The quantitative estimate of drug-likeness (QED) is 0.720. The summed E-state index contributed by atoms with van der Waals surface area (Å²) in [5.41, 5.74) is 1.68. The van der Waals surface area contributed by atoms with E-state index in [1.54, 1.807) is 31.4 Å². The number of amides is 1. The topological polar surface area (TPSA) is 50.8 Å². The Kier molecular flexibility index (Phi) is 6.47. The SMILES string of the molecule is COc1ccc(Br)cc1/C=C/C(=O)Nc1ccc(N2CCOCC2)c(F)c1. The summed E-state index contributed by atoms with van der Waals surface area (Å²) in [7, 11) is 1.57. The normalized spacial score (nSPS) is 14.4. The van der Waals surface area contributed by atoms with Crippen molar-refractivity contribution in [2.24, 2.45) is 0 Å². The van der Waals surface area contributed by atoms with Gasteiger partial charge in [-0.15, -0.1) is 0 Å². The van der Waals surface area contributed by atoms with Crippen LogP contribution in [0.2, 0.25) is 0 Å². The number of carbonyl (C=O) groups excluding carboxylic acids is 1. The third kappa shape index (κ3) is 5.08. The third-order valence-electron chi connectivity index (χ3n) is 4.17. The fourth-order valence-corrected chi connectivity index (χ4v) is 3.21. The fourth-order valence-electron chi connectivity index (χ4n) is 2.83. The summed E-state index contributed by atoms with van der Waals surface area (Å²) >= 11 is 3.39. The molecule has 1 N–H and O–H groups in total. The van der Waals surface area contributed by atoms with Gasteiger partial charge in [-0.2, -0.15) is 0 Å². The smallest absolute Gasteiger partial charge is 0.248 e. The zero-order chi connectivity index (χ0) is 19.2. The third-order valence-corrected chi connectivity index (χ3v) is 4.67. The molecule has 1 fully saturated rings. The number of methoxy groups -OCH3 is 1. The number of rotatable bonds is 5. The Morgan fingerprint density at radius 2 is 2.04 bits per heavy atom. The van der Waals surface area contributed by atoms with Crippen LogP contribution in [0.1, 0.15) is 5.56 Å². The van der Waals surface area contributed by atoms with Crippen LogP contribution in [0.15, 0.2) is 46.9 Å². The van der Waals surface area contributed by atoms with E-state index in [1.807, 2.05) is 17.0 Å². The largest absolute Gasteiger partial charge is 0.496 e. The number of nitrogens with zero attached hydrogens (tertiary/aromatic N) is 1. The molecule has 3 rings (SSSR count). The molecule has 0 aliphatic carbocycles. The standard InChI is InChI=1S/C20H20BrFN2O3/c1-26-19-6-3-15(21)12-14(19)2-7-20(25)23-16-4-5-18(17(22)13-16)24-8-10-27-11-9-24/h2-7,12-13H,8-11H2,1H3,(H,23,25)/b7-2+. The molecule has 0 spiro atoms. The van der Waals surface area contributed by atoms with Crippen LogP contribution >= 0.6 is 15.9 Å². The summed E-state index contributed by atoms with van der Waals surface area (Å²) in [6.45, 7) is 2.48. The second kappa shape index (κ2) is 9.01. The summed E-state index contributed by atoms with van der Waals surface area (Å²) in [6, 6.07) is 10.2. The minimum atomic E-state index is -0.368. The van der Waals surface area contributed by atoms with Gasteiger partial charge in [0, 0.05) is 34.9 Å². The summed E-state index contributed by atoms with van der Waals surface area (Å²) in [5.74, 6) is -0.0638. The molecule has 2 aromatic carbocycles. The summed E-state index contributed by atoms with van der Waals surface area (Å²) < 4.78 is 25.8. The number of ether oxygens (including phenoxy) is 2. The number of morpholine rings is 1. The summed E-state index contributed by atoms with van der Waals surface area (Å²) in [4.78, 5) is 14.1. The van der Waals surface area contributed by atoms with Crippen molar-refractivity contribution in [3.05, 3.63) is 58.3 Å². The molecule has 1 saturated heterocycles. The molecule has 0 atom stereocenters. The van der Waals surface area contributed by atoms with Crippen LogP contribution in [0.4, 0.5) is 15.8 Å². The number of hydrogen-bond acceptors (Lipinski definition) is 4. The molecule has 142 valence electrons. The highest BCUT2D eigenvalue weighted by Gasteiger charge is 2.15. The number of halogens is 2. The van der Waals surface area contributed by atoms with E-state index in [2.05, 4.69) is 21.2 Å². The van der Waals surface area contributed by atoms with Gasteiger partial charge in [0.2, 0.25) is 5.91 Å². The van der Waals surface area contributed by atoms with Crippen LogP contribution < -0.4 is 15.0 Å². The number of anilines is 2. The van der Waals surface area contributed by atoms with Gasteiger partial charge in [0.25, 0.3) is 0 Å². The van der Waals surface area contributed by atoms with Gasteiger partial charge in [0.1, 0.15) is 11.6 Å². The maximum Gasteiger partial charge on any atom is 0.248 e. The van der Waals surface area contributed by atoms with Gasteiger partial charge in [-0.25, -0.2) is 4.39 Å². The van der Waals surface area contributed by atoms with Crippen LogP contribution in [0.3, 0.4) is 0 Å². The van der Waals surface area contributed by atoms with Gasteiger partial charge in [0.05, 0.1) is 26.0 Å². The lowest BCUT2D eigenvalue weighted by Gasteiger charge is -2.29. The molecule has 1 aliphatic rings. The predicted molar refractivity (Wildman–Crippen MR) is 108 cm³/mol. The molecule has 0 bridgehead atoms. The van der Waals surface area contributed by atoms with Crippen LogP contribution in [0.25, 0.3) is 6.08 Å². The van der Waals surface area contributed by atoms with Crippen LogP contribution in [-0.2, 0) is 9.53 Å². The highest BCUT2D eigenvalue weighted by Crippen LogP contribution is 2.25. The lowest BCUT2D eigenvalue weighted by molar-refractivity contribution is -0.111. The van der Waals surface area contributed by atoms with E-state index in [-0.39, 0.29) is 11.7 Å². The second-order valence-corrected chi connectivity index (χ2v) is 6.89. The molecule has 1 aliphatic heterocycles. The first kappa shape index (κ1) is 19.4. The van der Waals surface area contributed by atoms with Crippen molar-refractivity contribution < 1.29 is 18.7 Å². The minimum absolute atomic E-state index is 0.351. The molecule has 27 heavy (non-hydrogen) atoms. The molecule has 5 nitrogen and oxygen atoms in total. The molecule has 1 heterocycles. The minimum Gasteiger partial charge on any atom is -0.496 e. The lowest BCUT2D eigenvalue weighted by atomic mass is 10.2. The summed E-state index contributed by atoms with van der Waals surface area (Å²) in [6.07, 6.45) is 3.04. The Morgan fingerprint density at radius 1 is 1.26 bits per heavy atom. The van der Waals surface area contributed by atoms with Crippen LogP contribution in [-0.4, -0.2) is 39.3 Å². The van der Waals surface area contributed by atoms with E-state index in [0.717, 1.165) is 10.0 Å². The van der Waals surface area contributed by atoms with E-state index in [1.165, 1.54) is 12.1 Å². The Labute approximate surface area is 165 Å². The highest BCUT2D eigenvalue weighted by molar-refractivity contribution is 9.10. The van der Waals surface area contributed by atoms with E-state index < -0.39 is 0 Å². The van der Waals surface area contributed by atoms with Crippen molar-refractivity contribution in [3.63, 3.8) is 0 Å². The van der Waals surface area contributed by atoms with Crippen LogP contribution in [0, 0.1) is 5.82 Å². The molecule has 0 radical (unpaired) electrons. The second-order valence-electron chi connectivity index (χ2n) is 5.97. The Morgan fingerprint density at radius 3 is 2.74 bits per heavy atom. The Balaban J connectivity index is 1.67. The van der Waals surface area contributed by atoms with E-state index in [0.29, 0.717) is 43.4 Å². The maximum atomic E-state index is 14.4. The maximum absolute atomic E-state index is 14.4. The average Bonchev–Trinajstić information content (AvgIpc) is 2.67. The zero-order valence-electron chi connectivity index (χ0n) is 14.9. The van der Waals surface area contributed by atoms with Crippen molar-refractivity contribution >= 4 is 39.3 Å². The number of carbonyl (C=O) groups is 1. The molecule has 2 aromatic rings. The first-order valence-corrected chi connectivity index (χ1v) is 9.31. The van der Waals surface area contributed by atoms with Gasteiger partial charge in [-0.3, -0.25) is 4.79 Å². The van der Waals surface area contributed by atoms with Gasteiger partial charge in [0.15, 0.2) is 0 Å². The molecule has 0 aromatic heterocycles. The molecule has 0 unspecified atom stereocenters. The lowest BCUT2D eigenvalue weighted by Crippen LogP contribution is -2.36. The van der Waals surface area contributed by atoms with Crippen molar-refractivity contribution in [2.75, 3.05) is 43.6 Å². The van der Waals surface area contributed by atoms with Crippen molar-refractivity contribution in [1.29, 1.82) is 0 Å². The number of nitrogens with one attached hydrogen (secondary N) is 1. The molecule has 0 saturated carbocycles. The zero-order valence-corrected chi connectivity index (χ0v) is 16.5. The Hall–Kier alpha value is -2.38. The first-order chi connectivity index (χ1) is 13.1. The van der Waals surface area contributed by atoms with E-state index in [4.69, 9.17) is 9.47 Å². The van der Waals surface area contributed by atoms with Crippen molar-refractivity contribution in [2.45, 2.75) is 0 Å². The van der Waals surface area contributed by atoms with Crippen molar-refractivity contribution in [3.8, 4) is 5.75 Å². The average molecular weight is 435 g/mol. The van der Waals surface area contributed by atoms with Crippen molar-refractivity contribution in [1.82, 2.24) is 0 Å². The first-order valence-electron chi connectivity index (χ1n) is 8.51. The number of benzene rings is 2. The number of hydrogen-bond donors (Lipinski definition) is 1. The fraction of sp³-hybridized carbons (Fsp3) is 0.250. The predicted octanol–water partition coefficient (Wildman–Crippen LogP) is 4.09. The van der Waals surface area contributed by atoms with Gasteiger partial charge in [-0.05, 0) is 42.5 Å². The van der Waals surface area contributed by atoms with E-state index in [9.17, 15) is 9.18 Å². The summed E-state index contributed by atoms with van der Waals surface area (Å²) in [5, 5.41) is 2.67. The van der Waals surface area contributed by atoms with Gasteiger partial charge >= 0.3 is 0 Å². The molecular weight excluding hydrogens is 415 g/mol. The van der Waals surface area contributed by atoms with Gasteiger partial charge < -0.3 is 19.7 Å². The van der Waals surface area contributed by atoms with Gasteiger partial charge in [-0.1, -0.05) is 15.9 Å². The van der Waals surface area contributed by atoms with Crippen LogP contribution in [0.5, 0.6) is 5.75 Å². The highest BCUT2D eigenvalue weighted by atomic mass is 79.9. The molecule has 1 amide bonds. The molecule has 7 heteroatoms. The molecular formula is C20H20BrFN2O3.